The second-order valence-corrected chi connectivity index (χ2v) is 7.57. The van der Waals surface area contributed by atoms with Crippen LogP contribution < -0.4 is 16.2 Å². The van der Waals surface area contributed by atoms with Gasteiger partial charge in [-0.05, 0) is 43.1 Å². The van der Waals surface area contributed by atoms with Gasteiger partial charge < -0.3 is 10.6 Å². The Hall–Kier alpha value is -3.25. The number of aromatic nitrogens is 3. The summed E-state index contributed by atoms with van der Waals surface area (Å²) >= 11 is 0. The molecule has 0 bridgehead atoms. The van der Waals surface area contributed by atoms with Crippen LogP contribution in [0.5, 0.6) is 0 Å². The van der Waals surface area contributed by atoms with Crippen LogP contribution in [-0.2, 0) is 13.0 Å². The van der Waals surface area contributed by atoms with E-state index in [9.17, 15) is 4.79 Å². The van der Waals surface area contributed by atoms with Crippen LogP contribution in [-0.4, -0.2) is 22.2 Å². The van der Waals surface area contributed by atoms with E-state index < -0.39 is 0 Å². The molecular formula is C23H23N5O. The summed E-state index contributed by atoms with van der Waals surface area (Å²) in [6.07, 6.45) is 5.59. The van der Waals surface area contributed by atoms with Gasteiger partial charge >= 0.3 is 0 Å². The molecular weight excluding hydrogens is 362 g/mol. The third kappa shape index (κ3) is 3.06. The van der Waals surface area contributed by atoms with E-state index >= 15 is 0 Å². The van der Waals surface area contributed by atoms with Crippen molar-refractivity contribution in [2.75, 3.05) is 7.05 Å². The molecule has 2 aliphatic rings. The molecule has 1 aliphatic carbocycles. The van der Waals surface area contributed by atoms with Crippen molar-refractivity contribution in [2.24, 2.45) is 0 Å². The van der Waals surface area contributed by atoms with Gasteiger partial charge in [-0.2, -0.15) is 5.10 Å². The second-order valence-electron chi connectivity index (χ2n) is 7.57. The molecule has 0 saturated heterocycles. The van der Waals surface area contributed by atoms with E-state index in [4.69, 9.17) is 0 Å². The van der Waals surface area contributed by atoms with Crippen LogP contribution in [0.4, 0.5) is 0 Å². The average Bonchev–Trinajstić information content (AvgIpc) is 2.77. The Bertz CT molecular complexity index is 1120. The molecule has 5 rings (SSSR count). The van der Waals surface area contributed by atoms with Crippen LogP contribution in [0.15, 0.2) is 59.5 Å². The maximum atomic E-state index is 12.4. The molecule has 0 radical (unpaired) electrons. The number of rotatable bonds is 4. The number of aromatic amines is 1. The second kappa shape index (κ2) is 7.29. The molecule has 0 amide bonds. The van der Waals surface area contributed by atoms with E-state index in [1.165, 1.54) is 5.56 Å². The van der Waals surface area contributed by atoms with Crippen molar-refractivity contribution >= 4 is 5.70 Å². The topological polar surface area (TPSA) is 82.7 Å². The highest BCUT2D eigenvalue weighted by Gasteiger charge is 2.38. The summed E-state index contributed by atoms with van der Waals surface area (Å²) in [5.41, 5.74) is 6.97. The van der Waals surface area contributed by atoms with Crippen molar-refractivity contribution in [2.45, 2.75) is 31.3 Å². The van der Waals surface area contributed by atoms with Crippen LogP contribution >= 0.6 is 0 Å². The van der Waals surface area contributed by atoms with Gasteiger partial charge in [-0.1, -0.05) is 36.4 Å². The maximum absolute atomic E-state index is 12.4. The average molecular weight is 385 g/mol. The largest absolute Gasteiger partial charge is 0.375 e. The summed E-state index contributed by atoms with van der Waals surface area (Å²) in [6, 6.07) is 14.5. The fourth-order valence-electron chi connectivity index (χ4n) is 4.47. The van der Waals surface area contributed by atoms with E-state index in [-0.39, 0.29) is 17.5 Å². The highest BCUT2D eigenvalue weighted by molar-refractivity contribution is 5.73. The first kappa shape index (κ1) is 17.8. The molecule has 0 fully saturated rings. The maximum Gasteiger partial charge on any atom is 0.268 e. The van der Waals surface area contributed by atoms with Gasteiger partial charge in [0.05, 0.1) is 23.3 Å². The molecule has 6 nitrogen and oxygen atoms in total. The number of allylic oxidation sites excluding steroid dienone is 1. The molecule has 1 aromatic carbocycles. The smallest absolute Gasteiger partial charge is 0.268 e. The van der Waals surface area contributed by atoms with E-state index in [2.05, 4.69) is 56.2 Å². The van der Waals surface area contributed by atoms with E-state index in [0.29, 0.717) is 0 Å². The number of hydrogen-bond acceptors (Lipinski definition) is 5. The van der Waals surface area contributed by atoms with Crippen molar-refractivity contribution < 1.29 is 0 Å². The zero-order valence-corrected chi connectivity index (χ0v) is 16.3. The third-order valence-corrected chi connectivity index (χ3v) is 5.79. The lowest BCUT2D eigenvalue weighted by atomic mass is 9.78. The lowest BCUT2D eigenvalue weighted by Crippen LogP contribution is -2.37. The minimum absolute atomic E-state index is 0.0469. The van der Waals surface area contributed by atoms with Crippen LogP contribution in [0, 0.1) is 0 Å². The Balaban J connectivity index is 1.70. The van der Waals surface area contributed by atoms with Crippen molar-refractivity contribution in [3.8, 4) is 0 Å². The predicted molar refractivity (Wildman–Crippen MR) is 112 cm³/mol. The van der Waals surface area contributed by atoms with Crippen molar-refractivity contribution in [3.63, 3.8) is 0 Å². The zero-order valence-electron chi connectivity index (χ0n) is 16.3. The molecule has 6 heteroatoms. The van der Waals surface area contributed by atoms with Gasteiger partial charge in [-0.25, -0.2) is 5.10 Å². The summed E-state index contributed by atoms with van der Waals surface area (Å²) in [5.74, 6) is -0.0469. The summed E-state index contributed by atoms with van der Waals surface area (Å²) in [6.45, 7) is 0.825. The summed E-state index contributed by atoms with van der Waals surface area (Å²) in [5, 5.41) is 14.2. The Morgan fingerprint density at radius 2 is 2.03 bits per heavy atom. The van der Waals surface area contributed by atoms with Crippen LogP contribution in [0.1, 0.15) is 52.0 Å². The van der Waals surface area contributed by atoms with E-state index in [0.717, 1.165) is 53.2 Å². The molecule has 3 aromatic rings. The number of nitrogens with one attached hydrogen (secondary N) is 3. The van der Waals surface area contributed by atoms with Crippen LogP contribution in [0.25, 0.3) is 5.70 Å². The highest BCUT2D eigenvalue weighted by atomic mass is 16.1. The first-order chi connectivity index (χ1) is 14.3. The Morgan fingerprint density at radius 1 is 1.17 bits per heavy atom. The lowest BCUT2D eigenvalue weighted by molar-refractivity contribution is 0.507. The van der Waals surface area contributed by atoms with Gasteiger partial charge in [-0.15, -0.1) is 0 Å². The SMILES string of the molecule is CNCc1ccc(C2c3n[nH]c(=O)c4c3C(=CCC4)NC2c2ccccn2)cc1. The summed E-state index contributed by atoms with van der Waals surface area (Å²) in [7, 11) is 1.94. The molecule has 29 heavy (non-hydrogen) atoms. The standard InChI is InChI=1S/C23H23N5O/c1-24-13-14-8-10-15(11-9-14)19-21(18-6-2-3-12-25-18)26-17-7-4-5-16-20(17)22(19)27-28-23(16)29/h2-3,6-12,19,21,24,26H,4-5,13H2,1H3,(H,28,29). The van der Waals surface area contributed by atoms with Gasteiger partial charge in [-0.3, -0.25) is 9.78 Å². The van der Waals surface area contributed by atoms with Gasteiger partial charge in [0.15, 0.2) is 0 Å². The minimum atomic E-state index is -0.0874. The molecule has 0 spiro atoms. The summed E-state index contributed by atoms with van der Waals surface area (Å²) in [4.78, 5) is 17.0. The Morgan fingerprint density at radius 3 is 2.79 bits per heavy atom. The number of pyridine rings is 1. The number of H-pyrrole nitrogens is 1. The third-order valence-electron chi connectivity index (χ3n) is 5.79. The normalized spacial score (nSPS) is 19.8. The monoisotopic (exact) mass is 385 g/mol. The predicted octanol–water partition coefficient (Wildman–Crippen LogP) is 2.65. The lowest BCUT2D eigenvalue weighted by Gasteiger charge is -2.37. The molecule has 2 atom stereocenters. The quantitative estimate of drug-likeness (QED) is 0.643. The van der Waals surface area contributed by atoms with Crippen molar-refractivity contribution in [1.82, 2.24) is 25.8 Å². The Labute approximate surface area is 169 Å². The fourth-order valence-corrected chi connectivity index (χ4v) is 4.47. The van der Waals surface area contributed by atoms with Crippen LogP contribution in [0.2, 0.25) is 0 Å². The van der Waals surface area contributed by atoms with Crippen molar-refractivity contribution in [3.05, 3.63) is 98.7 Å². The van der Waals surface area contributed by atoms with Gasteiger partial charge in [0.2, 0.25) is 0 Å². The molecule has 1 aliphatic heterocycles. The highest BCUT2D eigenvalue weighted by Crippen LogP contribution is 2.44. The molecule has 3 N–H and O–H groups in total. The van der Waals surface area contributed by atoms with E-state index in [1.807, 2.05) is 31.4 Å². The van der Waals surface area contributed by atoms with Gasteiger partial charge in [0, 0.05) is 29.6 Å². The molecule has 3 heterocycles. The fraction of sp³-hybridized carbons (Fsp3) is 0.261. The number of benzene rings is 1. The number of hydrogen-bond donors (Lipinski definition) is 3. The number of nitrogens with zero attached hydrogens (tertiary/aromatic N) is 2. The molecule has 146 valence electrons. The summed E-state index contributed by atoms with van der Waals surface area (Å²) < 4.78 is 0. The van der Waals surface area contributed by atoms with Gasteiger partial charge in [0.1, 0.15) is 0 Å². The first-order valence-electron chi connectivity index (χ1n) is 9.99. The molecule has 2 aromatic heterocycles. The first-order valence-corrected chi connectivity index (χ1v) is 9.99. The van der Waals surface area contributed by atoms with Crippen molar-refractivity contribution in [1.29, 1.82) is 0 Å². The van der Waals surface area contributed by atoms with Crippen LogP contribution in [0.3, 0.4) is 0 Å². The van der Waals surface area contributed by atoms with E-state index in [1.54, 1.807) is 0 Å². The molecule has 2 unspecified atom stereocenters. The molecule has 0 saturated carbocycles. The van der Waals surface area contributed by atoms with Gasteiger partial charge in [0.25, 0.3) is 5.56 Å². The zero-order chi connectivity index (χ0) is 19.8. The minimum Gasteiger partial charge on any atom is -0.375 e. The Kier molecular flexibility index (Phi) is 4.48.